The third-order valence-corrected chi connectivity index (χ3v) is 6.13. The minimum absolute atomic E-state index is 0.165. The topological polar surface area (TPSA) is 107 Å². The number of hydrogen-bond donors (Lipinski definition) is 3. The molecule has 0 spiro atoms. The molecule has 33 heavy (non-hydrogen) atoms. The Kier molecular flexibility index (Phi) is 5.89. The number of piperazine rings is 1. The first-order valence-corrected chi connectivity index (χ1v) is 11.2. The van der Waals surface area contributed by atoms with Gasteiger partial charge in [0.05, 0.1) is 24.5 Å². The Labute approximate surface area is 192 Å². The van der Waals surface area contributed by atoms with E-state index in [1.165, 1.54) is 0 Å². The number of rotatable bonds is 6. The van der Waals surface area contributed by atoms with Crippen molar-refractivity contribution in [3.8, 4) is 22.9 Å². The van der Waals surface area contributed by atoms with Crippen LogP contribution in [0.3, 0.4) is 0 Å². The molecule has 9 nitrogen and oxygen atoms in total. The molecule has 4 N–H and O–H groups in total. The van der Waals surface area contributed by atoms with E-state index < -0.39 is 5.91 Å². The van der Waals surface area contributed by atoms with Crippen LogP contribution in [0, 0.1) is 0 Å². The van der Waals surface area contributed by atoms with Gasteiger partial charge in [0.25, 0.3) is 5.91 Å². The fraction of sp³-hybridized carbons (Fsp3) is 0.333. The summed E-state index contributed by atoms with van der Waals surface area (Å²) in [6.45, 7) is 4.61. The molecule has 3 aromatic rings. The second kappa shape index (κ2) is 9.13. The van der Waals surface area contributed by atoms with Gasteiger partial charge in [-0.05, 0) is 42.8 Å². The third kappa shape index (κ3) is 4.24. The van der Waals surface area contributed by atoms with Gasteiger partial charge in [0.1, 0.15) is 22.9 Å². The molecule has 0 unspecified atom stereocenters. The molecule has 1 aromatic heterocycles. The van der Waals surface area contributed by atoms with Crippen LogP contribution in [-0.2, 0) is 0 Å². The van der Waals surface area contributed by atoms with Gasteiger partial charge in [0, 0.05) is 38.8 Å². The van der Waals surface area contributed by atoms with Crippen molar-refractivity contribution >= 4 is 11.6 Å². The van der Waals surface area contributed by atoms with E-state index in [9.17, 15) is 4.79 Å². The van der Waals surface area contributed by atoms with Gasteiger partial charge in [-0.3, -0.25) is 9.69 Å². The van der Waals surface area contributed by atoms with Gasteiger partial charge in [0.2, 0.25) is 0 Å². The maximum Gasteiger partial charge on any atom is 0.269 e. The zero-order chi connectivity index (χ0) is 22.8. The molecule has 172 valence electrons. The largest absolute Gasteiger partial charge is 0.497 e. The van der Waals surface area contributed by atoms with Gasteiger partial charge in [-0.25, -0.2) is 4.68 Å². The van der Waals surface area contributed by atoms with Crippen LogP contribution in [0.1, 0.15) is 28.6 Å². The lowest BCUT2D eigenvalue weighted by Crippen LogP contribution is -2.46. The summed E-state index contributed by atoms with van der Waals surface area (Å²) in [4.78, 5) is 14.9. The molecule has 3 heterocycles. The molecular weight excluding hydrogens is 420 g/mol. The number of nitrogens with zero attached hydrogens (tertiary/aromatic N) is 3. The van der Waals surface area contributed by atoms with Crippen LogP contribution in [0.5, 0.6) is 17.2 Å². The quantitative estimate of drug-likeness (QED) is 0.532. The summed E-state index contributed by atoms with van der Waals surface area (Å²) in [5, 5.41) is 11.6. The van der Waals surface area contributed by atoms with E-state index in [0.29, 0.717) is 17.2 Å². The van der Waals surface area contributed by atoms with Crippen LogP contribution in [0.2, 0.25) is 0 Å². The average molecular weight is 449 g/mol. The number of fused-ring (bicyclic) bond motifs is 1. The van der Waals surface area contributed by atoms with E-state index in [4.69, 9.17) is 20.3 Å². The Balaban J connectivity index is 1.45. The van der Waals surface area contributed by atoms with Crippen molar-refractivity contribution in [1.29, 1.82) is 0 Å². The Bertz CT molecular complexity index is 1140. The Hall–Kier alpha value is -3.56. The Morgan fingerprint density at radius 2 is 1.82 bits per heavy atom. The van der Waals surface area contributed by atoms with Gasteiger partial charge in [-0.2, -0.15) is 5.10 Å². The number of methoxy groups -OCH3 is 1. The molecule has 2 aliphatic rings. The van der Waals surface area contributed by atoms with E-state index in [1.54, 1.807) is 11.8 Å². The first-order valence-electron chi connectivity index (χ1n) is 11.2. The van der Waals surface area contributed by atoms with E-state index >= 15 is 0 Å². The summed E-state index contributed by atoms with van der Waals surface area (Å²) >= 11 is 0. The molecule has 9 heteroatoms. The number of ether oxygens (including phenoxy) is 2. The lowest BCUT2D eigenvalue weighted by atomic mass is 10.0. The smallest absolute Gasteiger partial charge is 0.269 e. The Morgan fingerprint density at radius 3 is 2.55 bits per heavy atom. The molecule has 0 bridgehead atoms. The van der Waals surface area contributed by atoms with Crippen molar-refractivity contribution < 1.29 is 14.3 Å². The monoisotopic (exact) mass is 448 g/mol. The number of aromatic nitrogens is 2. The zero-order valence-electron chi connectivity index (χ0n) is 18.6. The number of carbonyl (C=O) groups excluding carboxylic acids is 1. The molecule has 0 saturated carbocycles. The lowest BCUT2D eigenvalue weighted by molar-refractivity contribution is 0.0993. The summed E-state index contributed by atoms with van der Waals surface area (Å²) < 4.78 is 12.8. The maximum atomic E-state index is 12.4. The van der Waals surface area contributed by atoms with Crippen LogP contribution < -0.4 is 25.8 Å². The number of hydrogen-bond acceptors (Lipinski definition) is 7. The molecule has 1 atom stereocenters. The maximum absolute atomic E-state index is 12.4. The summed E-state index contributed by atoms with van der Waals surface area (Å²) in [5.74, 6) is 1.57. The highest BCUT2D eigenvalue weighted by Gasteiger charge is 2.34. The minimum Gasteiger partial charge on any atom is -0.497 e. The molecule has 5 rings (SSSR count). The molecular formula is C24H28N6O3. The SMILES string of the molecule is COc1cccc(Oc2ccc(-n3nc4c(c3C(N)=O)NCC[C@H]4N3CCNCC3)cc2)c1. The van der Waals surface area contributed by atoms with Gasteiger partial charge < -0.3 is 25.8 Å². The number of primary amides is 1. The number of carbonyl (C=O) groups is 1. The normalized spacial score (nSPS) is 18.3. The standard InChI is InChI=1S/C24H28N6O3/c1-32-18-3-2-4-19(15-18)33-17-7-5-16(6-8-17)30-23(24(25)31)22-21(28-30)20(9-10-27-22)29-13-11-26-12-14-29/h2-8,15,20,26-27H,9-14H2,1H3,(H2,25,31)/t20-/m1/s1. The van der Waals surface area contributed by atoms with Crippen molar-refractivity contribution in [3.63, 3.8) is 0 Å². The minimum atomic E-state index is -0.506. The highest BCUT2D eigenvalue weighted by atomic mass is 16.5. The van der Waals surface area contributed by atoms with Crippen molar-refractivity contribution in [2.24, 2.45) is 5.73 Å². The summed E-state index contributed by atoms with van der Waals surface area (Å²) in [5.41, 5.74) is 8.56. The van der Waals surface area contributed by atoms with Gasteiger partial charge in [-0.15, -0.1) is 0 Å². The van der Waals surface area contributed by atoms with Gasteiger partial charge in [-0.1, -0.05) is 6.07 Å². The van der Waals surface area contributed by atoms with E-state index in [1.807, 2.05) is 48.5 Å². The number of benzene rings is 2. The van der Waals surface area contributed by atoms with Crippen molar-refractivity contribution in [2.45, 2.75) is 12.5 Å². The molecule has 2 aromatic carbocycles. The fourth-order valence-corrected chi connectivity index (χ4v) is 4.53. The Morgan fingerprint density at radius 1 is 1.06 bits per heavy atom. The molecule has 0 aliphatic carbocycles. The second-order valence-corrected chi connectivity index (χ2v) is 8.18. The lowest BCUT2D eigenvalue weighted by Gasteiger charge is -2.36. The zero-order valence-corrected chi connectivity index (χ0v) is 18.6. The van der Waals surface area contributed by atoms with Crippen molar-refractivity contribution in [3.05, 3.63) is 59.9 Å². The fourth-order valence-electron chi connectivity index (χ4n) is 4.53. The average Bonchev–Trinajstić information content (AvgIpc) is 3.25. The van der Waals surface area contributed by atoms with Crippen LogP contribution in [0.15, 0.2) is 48.5 Å². The molecule has 1 saturated heterocycles. The van der Waals surface area contributed by atoms with Crippen LogP contribution >= 0.6 is 0 Å². The predicted molar refractivity (Wildman–Crippen MR) is 125 cm³/mol. The number of nitrogens with one attached hydrogen (secondary N) is 2. The number of nitrogens with two attached hydrogens (primary N) is 1. The summed E-state index contributed by atoms with van der Waals surface area (Å²) in [7, 11) is 1.62. The van der Waals surface area contributed by atoms with Crippen LogP contribution in [-0.4, -0.2) is 60.4 Å². The van der Waals surface area contributed by atoms with Crippen LogP contribution in [0.25, 0.3) is 5.69 Å². The number of anilines is 1. The van der Waals surface area contributed by atoms with E-state index in [-0.39, 0.29) is 6.04 Å². The third-order valence-electron chi connectivity index (χ3n) is 6.13. The molecule has 1 amide bonds. The first-order chi connectivity index (χ1) is 16.1. The van der Waals surface area contributed by atoms with Crippen molar-refractivity contribution in [1.82, 2.24) is 20.0 Å². The highest BCUT2D eigenvalue weighted by molar-refractivity contribution is 5.98. The first kappa shape index (κ1) is 21.3. The summed E-state index contributed by atoms with van der Waals surface area (Å²) in [6.07, 6.45) is 0.940. The van der Waals surface area contributed by atoms with Crippen LogP contribution in [0.4, 0.5) is 5.69 Å². The van der Waals surface area contributed by atoms with E-state index in [0.717, 1.165) is 62.0 Å². The van der Waals surface area contributed by atoms with E-state index in [2.05, 4.69) is 15.5 Å². The molecule has 0 radical (unpaired) electrons. The highest BCUT2D eigenvalue weighted by Crippen LogP contribution is 2.37. The predicted octanol–water partition coefficient (Wildman–Crippen LogP) is 2.53. The van der Waals surface area contributed by atoms with Crippen molar-refractivity contribution in [2.75, 3.05) is 45.2 Å². The second-order valence-electron chi connectivity index (χ2n) is 8.18. The molecule has 2 aliphatic heterocycles. The number of amides is 1. The summed E-state index contributed by atoms with van der Waals surface area (Å²) in [6, 6.07) is 15.0. The molecule has 1 fully saturated rings. The van der Waals surface area contributed by atoms with Gasteiger partial charge in [0.15, 0.2) is 5.69 Å². The van der Waals surface area contributed by atoms with Gasteiger partial charge >= 0.3 is 0 Å².